The molecule has 0 N–H and O–H groups in total. The number of nitrogens with zero attached hydrogens (tertiary/aromatic N) is 6. The van der Waals surface area contributed by atoms with Crippen molar-refractivity contribution >= 4 is 99.9 Å². The fourth-order valence-electron chi connectivity index (χ4n) is 11.5. The average Bonchev–Trinajstić information content (AvgIpc) is 4.09. The lowest BCUT2D eigenvalue weighted by Crippen LogP contribution is -2.74. The minimum atomic E-state index is -2.79. The van der Waals surface area contributed by atoms with E-state index in [9.17, 15) is 0 Å². The minimum Gasteiger partial charge on any atom is -0.309 e. The van der Waals surface area contributed by atoms with Crippen LogP contribution in [0.15, 0.2) is 255 Å². The number of aromatic nitrogens is 5. The highest BCUT2D eigenvalue weighted by molar-refractivity contribution is 7.19. The summed E-state index contributed by atoms with van der Waals surface area (Å²) < 4.78 is 6.80. The van der Waals surface area contributed by atoms with Crippen LogP contribution in [-0.4, -0.2) is 31.7 Å². The van der Waals surface area contributed by atoms with E-state index in [4.69, 9.17) is 16.5 Å². The summed E-state index contributed by atoms with van der Waals surface area (Å²) in [6.45, 7) is 8.01. The zero-order valence-electron chi connectivity index (χ0n) is 38.9. The number of hydrogen-bond donors (Lipinski definition) is 0. The van der Waals surface area contributed by atoms with Crippen LogP contribution in [0.4, 0.5) is 5.69 Å². The van der Waals surface area contributed by atoms with Gasteiger partial charge in [0.25, 0.3) is 0 Å². The highest BCUT2D eigenvalue weighted by Gasteiger charge is 2.41. The van der Waals surface area contributed by atoms with Gasteiger partial charge < -0.3 is 4.57 Å². The summed E-state index contributed by atoms with van der Waals surface area (Å²) in [5, 5.41) is 12.0. The lowest BCUT2D eigenvalue weighted by molar-refractivity contribution is 0.952. The fraction of sp³-hybridized carbons (Fsp3) is 0. The Hall–Kier alpha value is -9.61. The summed E-state index contributed by atoms with van der Waals surface area (Å²) in [7, 11) is -2.79. The molecule has 0 atom stereocenters. The monoisotopic (exact) mass is 934 g/mol. The number of para-hydroxylation sites is 4. The van der Waals surface area contributed by atoms with E-state index in [1.165, 1.54) is 31.5 Å². The maximum Gasteiger partial charge on any atom is 0.237 e. The lowest BCUT2D eigenvalue weighted by atomic mass is 10.1. The Bertz CT molecular complexity index is 4300. The molecule has 0 saturated heterocycles. The molecular formula is C65H42N6Si. The Morgan fingerprint density at radius 1 is 0.333 bits per heavy atom. The van der Waals surface area contributed by atoms with Gasteiger partial charge >= 0.3 is 0 Å². The van der Waals surface area contributed by atoms with Crippen molar-refractivity contribution in [1.82, 2.24) is 23.7 Å². The van der Waals surface area contributed by atoms with Crippen LogP contribution in [0, 0.1) is 6.57 Å². The molecule has 0 aliphatic heterocycles. The van der Waals surface area contributed by atoms with Crippen molar-refractivity contribution in [2.75, 3.05) is 0 Å². The van der Waals surface area contributed by atoms with Gasteiger partial charge in [-0.3, -0.25) is 9.13 Å². The number of fused-ring (bicyclic) bond motifs is 9. The predicted octanol–water partition coefficient (Wildman–Crippen LogP) is 13.4. The molecule has 0 radical (unpaired) electrons. The first-order chi connectivity index (χ1) is 35.7. The first-order valence-corrected chi connectivity index (χ1v) is 26.3. The molecule has 0 unspecified atom stereocenters. The second-order valence-electron chi connectivity index (χ2n) is 18.4. The van der Waals surface area contributed by atoms with Gasteiger partial charge in [-0.2, -0.15) is 4.98 Å². The molecule has 0 fully saturated rings. The average molecular weight is 935 g/mol. The van der Waals surface area contributed by atoms with Gasteiger partial charge in [-0.05, 0) is 69.3 Å². The zero-order chi connectivity index (χ0) is 47.8. The molecule has 0 saturated carbocycles. The molecule has 7 heteroatoms. The van der Waals surface area contributed by atoms with Crippen LogP contribution in [0.2, 0.25) is 0 Å². The van der Waals surface area contributed by atoms with Crippen LogP contribution in [0.3, 0.4) is 0 Å². The van der Waals surface area contributed by atoms with Crippen molar-refractivity contribution in [3.63, 3.8) is 0 Å². The summed E-state index contributed by atoms with van der Waals surface area (Å²) in [4.78, 5) is 15.0. The van der Waals surface area contributed by atoms with Crippen LogP contribution < -0.4 is 20.7 Å². The quantitative estimate of drug-likeness (QED) is 0.0866. The van der Waals surface area contributed by atoms with Gasteiger partial charge in [0.15, 0.2) is 13.8 Å². The number of rotatable bonds is 8. The summed E-state index contributed by atoms with van der Waals surface area (Å²) in [6, 6.07) is 91.4. The highest BCUT2D eigenvalue weighted by atomic mass is 28.3. The SMILES string of the molecule is [C-]#[N+]c1ccc2c3ccccc3n(-c3cc(-c4ccc([Si](c5ccccc5)(c5ccccc5)c5ccccc5)cc4)nc(-n4c5ccccc5c5cc(-n6c7ccccc7c7ccccc76)ccc54)n3)c2c1. The van der Waals surface area contributed by atoms with E-state index in [-0.39, 0.29) is 0 Å². The third-order valence-electron chi connectivity index (χ3n) is 14.6. The van der Waals surface area contributed by atoms with Crippen molar-refractivity contribution in [3.05, 3.63) is 266 Å². The smallest absolute Gasteiger partial charge is 0.237 e. The normalized spacial score (nSPS) is 11.9. The molecule has 336 valence electrons. The van der Waals surface area contributed by atoms with Gasteiger partial charge in [-0.25, -0.2) is 9.83 Å². The van der Waals surface area contributed by atoms with Gasteiger partial charge in [0.2, 0.25) is 5.95 Å². The standard InChI is InChI=1S/C65H42N6Si/c1-66-45-35-39-55-53-27-13-17-31-60(53)70(63(55)41-45)64-43-57(44-33-37-50(38-34-44)72(47-19-5-2-6-20-47,48-21-7-3-8-22-48)49-23-9-4-10-24-49)67-65(68-64)71-61-32-18-14-28-54(61)56-42-46(36-40-62(56)71)69-58-29-15-11-25-51(58)52-26-12-16-30-59(52)69/h2-43H. The second-order valence-corrected chi connectivity index (χ2v) is 22.2. The molecule has 4 aromatic heterocycles. The Balaban J connectivity index is 1.02. The molecule has 4 heterocycles. The highest BCUT2D eigenvalue weighted by Crippen LogP contribution is 2.39. The lowest BCUT2D eigenvalue weighted by Gasteiger charge is -2.34. The van der Waals surface area contributed by atoms with Crippen LogP contribution in [-0.2, 0) is 0 Å². The molecule has 0 bridgehead atoms. The van der Waals surface area contributed by atoms with Crippen molar-refractivity contribution < 1.29 is 0 Å². The number of benzene rings is 10. The summed E-state index contributed by atoms with van der Waals surface area (Å²) in [5.41, 5.74) is 9.66. The first-order valence-electron chi connectivity index (χ1n) is 24.3. The van der Waals surface area contributed by atoms with E-state index in [0.717, 1.165) is 71.6 Å². The first kappa shape index (κ1) is 41.4. The number of hydrogen-bond acceptors (Lipinski definition) is 2. The third kappa shape index (κ3) is 6.26. The van der Waals surface area contributed by atoms with E-state index < -0.39 is 8.07 Å². The van der Waals surface area contributed by atoms with Gasteiger partial charge in [0.05, 0.1) is 39.8 Å². The summed E-state index contributed by atoms with van der Waals surface area (Å²) in [6.07, 6.45) is 0. The van der Waals surface area contributed by atoms with Gasteiger partial charge in [-0.15, -0.1) is 0 Å². The van der Waals surface area contributed by atoms with Gasteiger partial charge in [0.1, 0.15) is 5.82 Å². The molecule has 0 amide bonds. The topological polar surface area (TPSA) is 44.9 Å². The molecule has 14 rings (SSSR count). The Kier molecular flexibility index (Phi) is 9.49. The van der Waals surface area contributed by atoms with Crippen molar-refractivity contribution in [2.45, 2.75) is 0 Å². The van der Waals surface area contributed by atoms with Crippen molar-refractivity contribution in [3.8, 4) is 28.7 Å². The van der Waals surface area contributed by atoms with Crippen LogP contribution in [0.5, 0.6) is 0 Å². The Morgan fingerprint density at radius 3 is 1.32 bits per heavy atom. The van der Waals surface area contributed by atoms with E-state index in [1.807, 2.05) is 12.1 Å². The molecule has 72 heavy (non-hydrogen) atoms. The fourth-order valence-corrected chi connectivity index (χ4v) is 16.3. The van der Waals surface area contributed by atoms with E-state index in [2.05, 4.69) is 261 Å². The van der Waals surface area contributed by atoms with E-state index >= 15 is 0 Å². The molecule has 10 aromatic carbocycles. The largest absolute Gasteiger partial charge is 0.309 e. The van der Waals surface area contributed by atoms with Crippen LogP contribution in [0.25, 0.3) is 99.0 Å². The molecule has 0 aliphatic rings. The van der Waals surface area contributed by atoms with E-state index in [1.54, 1.807) is 0 Å². The molecule has 6 nitrogen and oxygen atoms in total. The third-order valence-corrected chi connectivity index (χ3v) is 19.4. The minimum absolute atomic E-state index is 0.552. The molecule has 0 spiro atoms. The Labute approximate surface area is 416 Å². The molecule has 14 aromatic rings. The van der Waals surface area contributed by atoms with Gasteiger partial charge in [-0.1, -0.05) is 200 Å². The maximum atomic E-state index is 8.01. The zero-order valence-corrected chi connectivity index (χ0v) is 39.9. The Morgan fingerprint density at radius 2 is 0.778 bits per heavy atom. The van der Waals surface area contributed by atoms with Crippen molar-refractivity contribution in [2.24, 2.45) is 0 Å². The van der Waals surface area contributed by atoms with Crippen LogP contribution >= 0.6 is 0 Å². The summed E-state index contributed by atoms with van der Waals surface area (Å²) >= 11 is 0. The predicted molar refractivity (Wildman–Crippen MR) is 300 cm³/mol. The van der Waals surface area contributed by atoms with E-state index in [0.29, 0.717) is 17.5 Å². The molecular weight excluding hydrogens is 893 g/mol. The molecule has 0 aliphatic carbocycles. The maximum absolute atomic E-state index is 8.01. The van der Waals surface area contributed by atoms with Gasteiger partial charge in [0, 0.05) is 55.2 Å². The van der Waals surface area contributed by atoms with Crippen molar-refractivity contribution in [1.29, 1.82) is 0 Å². The summed E-state index contributed by atoms with van der Waals surface area (Å²) in [5.74, 6) is 1.26. The van der Waals surface area contributed by atoms with Crippen LogP contribution in [0.1, 0.15) is 0 Å². The second kappa shape index (κ2) is 16.5.